The molecule has 1 atom stereocenters. The molecular weight excluding hydrogens is 349 g/mol. The lowest BCUT2D eigenvalue weighted by Gasteiger charge is -2.21. The normalized spacial score (nSPS) is 13.7. The van der Waals surface area contributed by atoms with E-state index in [4.69, 9.17) is 5.73 Å². The monoisotopic (exact) mass is 370 g/mol. The number of nitrogens with two attached hydrogens (primary N) is 1. The maximum absolute atomic E-state index is 12.5. The fourth-order valence-electron chi connectivity index (χ4n) is 2.32. The molecule has 2 rings (SSSR count). The van der Waals surface area contributed by atoms with Crippen molar-refractivity contribution in [2.24, 2.45) is 17.8 Å². The number of hydrogen-bond acceptors (Lipinski definition) is 4. The van der Waals surface area contributed by atoms with Gasteiger partial charge in [-0.1, -0.05) is 12.1 Å². The number of aliphatic imine (C=N–C) groups is 1. The number of rotatable bonds is 6. The van der Waals surface area contributed by atoms with Crippen molar-refractivity contribution in [1.82, 2.24) is 14.7 Å². The number of para-hydroxylation sites is 2. The molecular formula is C16H21F3N6O. The van der Waals surface area contributed by atoms with Crippen LogP contribution in [0.1, 0.15) is 11.6 Å². The van der Waals surface area contributed by atoms with Crippen LogP contribution in [0.25, 0.3) is 0 Å². The van der Waals surface area contributed by atoms with Gasteiger partial charge in [0.15, 0.2) is 11.7 Å². The van der Waals surface area contributed by atoms with Crippen LogP contribution in [0.4, 0.5) is 18.9 Å². The average Bonchev–Trinajstić information content (AvgIpc) is 2.94. The summed E-state index contributed by atoms with van der Waals surface area (Å²) in [7, 11) is 5.60. The van der Waals surface area contributed by atoms with Crippen LogP contribution in [0.15, 0.2) is 41.7 Å². The third-order valence-corrected chi connectivity index (χ3v) is 3.54. The van der Waals surface area contributed by atoms with E-state index in [1.54, 1.807) is 16.9 Å². The first kappa shape index (κ1) is 19.6. The lowest BCUT2D eigenvalue weighted by Crippen LogP contribution is -2.27. The van der Waals surface area contributed by atoms with Gasteiger partial charge in [-0.05, 0) is 26.2 Å². The highest BCUT2D eigenvalue weighted by molar-refractivity contribution is 5.93. The number of hydrogen-bond donors (Lipinski definition) is 2. The first-order valence-corrected chi connectivity index (χ1v) is 7.72. The number of benzene rings is 1. The van der Waals surface area contributed by atoms with E-state index in [2.05, 4.69) is 20.1 Å². The Bertz CT molecular complexity index is 756. The maximum atomic E-state index is 12.5. The lowest BCUT2D eigenvalue weighted by molar-refractivity contribution is -0.274. The molecule has 1 unspecified atom stereocenters. The molecule has 7 nitrogen and oxygen atoms in total. The Morgan fingerprint density at radius 2 is 2.08 bits per heavy atom. The van der Waals surface area contributed by atoms with Crippen molar-refractivity contribution in [3.63, 3.8) is 0 Å². The summed E-state index contributed by atoms with van der Waals surface area (Å²) in [4.78, 5) is 6.18. The van der Waals surface area contributed by atoms with E-state index >= 15 is 0 Å². The molecule has 0 radical (unpaired) electrons. The first-order valence-electron chi connectivity index (χ1n) is 7.72. The molecule has 142 valence electrons. The molecule has 26 heavy (non-hydrogen) atoms. The second kappa shape index (κ2) is 8.09. The SMILES string of the molecule is CN(C)C(CN=C(N)Nc1ccccc1OC(F)(F)F)c1cnn(C)c1. The van der Waals surface area contributed by atoms with Gasteiger partial charge in [-0.25, -0.2) is 0 Å². The van der Waals surface area contributed by atoms with Crippen LogP contribution in [-0.2, 0) is 7.05 Å². The van der Waals surface area contributed by atoms with E-state index in [-0.39, 0.29) is 23.4 Å². The molecule has 0 fully saturated rings. The smallest absolute Gasteiger partial charge is 0.404 e. The van der Waals surface area contributed by atoms with Crippen LogP contribution < -0.4 is 15.8 Å². The van der Waals surface area contributed by atoms with E-state index in [0.29, 0.717) is 6.54 Å². The molecule has 1 aromatic carbocycles. The largest absolute Gasteiger partial charge is 0.573 e. The third kappa shape index (κ3) is 5.66. The number of anilines is 1. The Hall–Kier alpha value is -2.75. The summed E-state index contributed by atoms with van der Waals surface area (Å²) in [6.45, 7) is 0.305. The number of likely N-dealkylation sites (N-methyl/N-ethyl adjacent to an activating group) is 1. The third-order valence-electron chi connectivity index (χ3n) is 3.54. The van der Waals surface area contributed by atoms with Crippen LogP contribution in [0, 0.1) is 0 Å². The number of nitrogens with one attached hydrogen (secondary N) is 1. The van der Waals surface area contributed by atoms with Gasteiger partial charge in [0.1, 0.15) is 0 Å². The van der Waals surface area contributed by atoms with Crippen molar-refractivity contribution < 1.29 is 17.9 Å². The number of guanidine groups is 1. The predicted molar refractivity (Wildman–Crippen MR) is 92.9 cm³/mol. The molecule has 0 spiro atoms. The van der Waals surface area contributed by atoms with Crippen LogP contribution in [0.5, 0.6) is 5.75 Å². The van der Waals surface area contributed by atoms with Crippen LogP contribution in [0.2, 0.25) is 0 Å². The first-order chi connectivity index (χ1) is 12.2. The summed E-state index contributed by atoms with van der Waals surface area (Å²) in [6.07, 6.45) is -1.19. The Morgan fingerprint density at radius 1 is 1.38 bits per heavy atom. The summed E-state index contributed by atoms with van der Waals surface area (Å²) < 4.78 is 43.1. The minimum Gasteiger partial charge on any atom is -0.404 e. The molecule has 0 bridgehead atoms. The van der Waals surface area contributed by atoms with Crippen molar-refractivity contribution >= 4 is 11.6 Å². The number of aromatic nitrogens is 2. The second-order valence-corrected chi connectivity index (χ2v) is 5.82. The minimum atomic E-state index is -4.79. The topological polar surface area (TPSA) is 80.7 Å². The van der Waals surface area contributed by atoms with Crippen LogP contribution in [-0.4, -0.2) is 47.6 Å². The highest BCUT2D eigenvalue weighted by Crippen LogP contribution is 2.29. The molecule has 3 N–H and O–H groups in total. The number of ether oxygens (including phenoxy) is 1. The summed E-state index contributed by atoms with van der Waals surface area (Å²) in [6, 6.07) is 5.54. The highest BCUT2D eigenvalue weighted by Gasteiger charge is 2.32. The summed E-state index contributed by atoms with van der Waals surface area (Å²) in [5, 5.41) is 6.78. The zero-order valence-electron chi connectivity index (χ0n) is 14.7. The number of nitrogens with zero attached hydrogens (tertiary/aromatic N) is 4. The average molecular weight is 370 g/mol. The van der Waals surface area contributed by atoms with Crippen molar-refractivity contribution in [3.8, 4) is 5.75 Å². The van der Waals surface area contributed by atoms with E-state index in [9.17, 15) is 13.2 Å². The van der Waals surface area contributed by atoms with Crippen molar-refractivity contribution in [3.05, 3.63) is 42.2 Å². The Labute approximate surface area is 149 Å². The molecule has 0 amide bonds. The van der Waals surface area contributed by atoms with Gasteiger partial charge >= 0.3 is 6.36 Å². The molecule has 2 aromatic rings. The van der Waals surface area contributed by atoms with Crippen LogP contribution in [0.3, 0.4) is 0 Å². The summed E-state index contributed by atoms with van der Waals surface area (Å²) in [5.41, 5.74) is 6.86. The number of aryl methyl sites for hydroxylation is 1. The van der Waals surface area contributed by atoms with Gasteiger partial charge in [-0.3, -0.25) is 9.67 Å². The van der Waals surface area contributed by atoms with Gasteiger partial charge in [-0.2, -0.15) is 5.10 Å². The van der Waals surface area contributed by atoms with Gasteiger partial charge in [0, 0.05) is 18.8 Å². The zero-order valence-corrected chi connectivity index (χ0v) is 14.7. The summed E-state index contributed by atoms with van der Waals surface area (Å²) >= 11 is 0. The fourth-order valence-corrected chi connectivity index (χ4v) is 2.32. The van der Waals surface area contributed by atoms with Gasteiger partial charge in [0.25, 0.3) is 0 Å². The second-order valence-electron chi connectivity index (χ2n) is 5.82. The lowest BCUT2D eigenvalue weighted by atomic mass is 10.1. The van der Waals surface area contributed by atoms with Gasteiger partial charge in [0.05, 0.1) is 24.5 Å². The molecule has 1 aromatic heterocycles. The number of halogens is 3. The van der Waals surface area contributed by atoms with E-state index in [1.165, 1.54) is 18.2 Å². The van der Waals surface area contributed by atoms with Gasteiger partial charge in [0.2, 0.25) is 0 Å². The molecule has 10 heteroatoms. The van der Waals surface area contributed by atoms with Crippen molar-refractivity contribution in [1.29, 1.82) is 0 Å². The molecule has 0 aliphatic rings. The molecule has 0 aliphatic heterocycles. The van der Waals surface area contributed by atoms with Crippen molar-refractivity contribution in [2.75, 3.05) is 26.0 Å². The molecule has 0 saturated heterocycles. The standard InChI is InChI=1S/C16H21F3N6O/c1-24(2)13(11-8-22-25(3)10-11)9-21-15(20)23-12-6-4-5-7-14(12)26-16(17,18)19/h4-8,10,13H,9H2,1-3H3,(H3,20,21,23). The van der Waals surface area contributed by atoms with Gasteiger partial charge < -0.3 is 20.7 Å². The van der Waals surface area contributed by atoms with Gasteiger partial charge in [-0.15, -0.1) is 13.2 Å². The fraction of sp³-hybridized carbons (Fsp3) is 0.375. The molecule has 0 aliphatic carbocycles. The zero-order chi connectivity index (χ0) is 19.3. The van der Waals surface area contributed by atoms with E-state index < -0.39 is 6.36 Å². The highest BCUT2D eigenvalue weighted by atomic mass is 19.4. The maximum Gasteiger partial charge on any atom is 0.573 e. The Morgan fingerprint density at radius 3 is 2.65 bits per heavy atom. The number of alkyl halides is 3. The van der Waals surface area contributed by atoms with E-state index in [0.717, 1.165) is 5.56 Å². The Kier molecular flexibility index (Phi) is 6.09. The van der Waals surface area contributed by atoms with Crippen LogP contribution >= 0.6 is 0 Å². The molecule has 1 heterocycles. The quantitative estimate of drug-likeness (QED) is 0.603. The summed E-state index contributed by atoms with van der Waals surface area (Å²) in [5.74, 6) is -0.395. The molecule has 0 saturated carbocycles. The minimum absolute atomic E-state index is 0.0148. The van der Waals surface area contributed by atoms with E-state index in [1.807, 2.05) is 32.2 Å². The van der Waals surface area contributed by atoms with Crippen molar-refractivity contribution in [2.45, 2.75) is 12.4 Å². The Balaban J connectivity index is 2.10. The predicted octanol–water partition coefficient (Wildman–Crippen LogP) is 2.35.